The van der Waals surface area contributed by atoms with Crippen molar-refractivity contribution in [1.82, 2.24) is 0 Å². The molecule has 1 rings (SSSR count). The Kier molecular flexibility index (Phi) is 5.87. The van der Waals surface area contributed by atoms with E-state index in [9.17, 15) is 14.9 Å². The quantitative estimate of drug-likeness (QED) is 0.491. The fraction of sp³-hybridized carbons (Fsp3) is 0.250. The molecule has 1 aromatic rings. The van der Waals surface area contributed by atoms with E-state index in [1.807, 2.05) is 0 Å². The average molecular weight is 282 g/mol. The van der Waals surface area contributed by atoms with Gasteiger partial charge in [0, 0.05) is 5.69 Å². The number of nitrogens with one attached hydrogen (secondary N) is 1. The standard InChI is InChI=1S/C12H14N2O4S/c1-3-18-12(15)9-4-6-10(7-5-9)13-11(19-2)8-14(16)17/h4-8,13H,3H2,1-2H3. The Labute approximate surface area is 115 Å². The number of benzene rings is 1. The first-order valence-corrected chi connectivity index (χ1v) is 6.72. The third-order valence-corrected chi connectivity index (χ3v) is 2.75. The SMILES string of the molecule is CCOC(=O)c1ccc(NC(=C[N+](=O)[O-])SC)cc1. The van der Waals surface area contributed by atoms with Crippen molar-refractivity contribution in [3.05, 3.63) is 51.2 Å². The maximum absolute atomic E-state index is 11.4. The predicted molar refractivity (Wildman–Crippen MR) is 74.6 cm³/mol. The van der Waals surface area contributed by atoms with Crippen LogP contribution in [0.1, 0.15) is 17.3 Å². The summed E-state index contributed by atoms with van der Waals surface area (Å²) in [5.41, 5.74) is 1.10. The van der Waals surface area contributed by atoms with Crippen LogP contribution in [-0.4, -0.2) is 23.8 Å². The largest absolute Gasteiger partial charge is 0.462 e. The average Bonchev–Trinajstić information content (AvgIpc) is 2.38. The second kappa shape index (κ2) is 7.42. The van der Waals surface area contributed by atoms with Crippen LogP contribution in [0.4, 0.5) is 5.69 Å². The van der Waals surface area contributed by atoms with Crippen LogP contribution in [0.3, 0.4) is 0 Å². The van der Waals surface area contributed by atoms with E-state index in [2.05, 4.69) is 5.32 Å². The fourth-order valence-corrected chi connectivity index (χ4v) is 1.69. The van der Waals surface area contributed by atoms with Crippen LogP contribution in [0, 0.1) is 10.1 Å². The topological polar surface area (TPSA) is 81.5 Å². The van der Waals surface area contributed by atoms with Gasteiger partial charge in [0.05, 0.1) is 17.1 Å². The Morgan fingerprint density at radius 2 is 2.11 bits per heavy atom. The van der Waals surface area contributed by atoms with Gasteiger partial charge in [0.1, 0.15) is 5.03 Å². The molecule has 6 nitrogen and oxygen atoms in total. The second-order valence-corrected chi connectivity index (χ2v) is 4.25. The molecule has 0 saturated carbocycles. The van der Waals surface area contributed by atoms with Crippen LogP contribution in [0.2, 0.25) is 0 Å². The smallest absolute Gasteiger partial charge is 0.338 e. The summed E-state index contributed by atoms with van der Waals surface area (Å²) in [6.07, 6.45) is 2.62. The van der Waals surface area contributed by atoms with Crippen molar-refractivity contribution in [2.75, 3.05) is 18.2 Å². The number of nitrogens with zero attached hydrogens (tertiary/aromatic N) is 1. The number of carbonyl (C=O) groups excluding carboxylic acids is 1. The minimum absolute atomic E-state index is 0.320. The van der Waals surface area contributed by atoms with Crippen molar-refractivity contribution < 1.29 is 14.5 Å². The first-order valence-electron chi connectivity index (χ1n) is 5.50. The van der Waals surface area contributed by atoms with E-state index < -0.39 is 4.92 Å². The summed E-state index contributed by atoms with van der Waals surface area (Å²) in [4.78, 5) is 21.3. The Hall–Kier alpha value is -2.02. The van der Waals surface area contributed by atoms with Gasteiger partial charge in [-0.1, -0.05) is 0 Å². The zero-order valence-electron chi connectivity index (χ0n) is 10.6. The van der Waals surface area contributed by atoms with E-state index in [0.29, 0.717) is 22.9 Å². The molecule has 0 aromatic heterocycles. The summed E-state index contributed by atoms with van der Waals surface area (Å²) < 4.78 is 4.86. The van der Waals surface area contributed by atoms with E-state index in [-0.39, 0.29) is 5.97 Å². The van der Waals surface area contributed by atoms with Gasteiger partial charge in [0.15, 0.2) is 0 Å². The van der Waals surface area contributed by atoms with Crippen LogP contribution in [0.5, 0.6) is 0 Å². The normalized spacial score (nSPS) is 10.9. The molecule has 0 saturated heterocycles. The molecule has 0 aliphatic heterocycles. The van der Waals surface area contributed by atoms with Gasteiger partial charge in [-0.2, -0.15) is 0 Å². The minimum Gasteiger partial charge on any atom is -0.462 e. The molecule has 0 spiro atoms. The van der Waals surface area contributed by atoms with Gasteiger partial charge in [0.2, 0.25) is 0 Å². The van der Waals surface area contributed by atoms with Crippen molar-refractivity contribution >= 4 is 23.4 Å². The Balaban J connectivity index is 2.76. The van der Waals surface area contributed by atoms with Crippen molar-refractivity contribution in [1.29, 1.82) is 0 Å². The molecule has 7 heteroatoms. The number of rotatable bonds is 6. The van der Waals surface area contributed by atoms with Gasteiger partial charge in [-0.05, 0) is 37.4 Å². The van der Waals surface area contributed by atoms with E-state index in [0.717, 1.165) is 6.20 Å². The fourth-order valence-electron chi connectivity index (χ4n) is 1.28. The van der Waals surface area contributed by atoms with E-state index in [1.54, 1.807) is 37.4 Å². The van der Waals surface area contributed by atoms with Crippen LogP contribution >= 0.6 is 11.8 Å². The lowest BCUT2D eigenvalue weighted by molar-refractivity contribution is -0.402. The van der Waals surface area contributed by atoms with E-state index >= 15 is 0 Å². The molecule has 0 fully saturated rings. The minimum atomic E-state index is -0.522. The highest BCUT2D eigenvalue weighted by molar-refractivity contribution is 8.02. The van der Waals surface area contributed by atoms with Crippen molar-refractivity contribution in [2.24, 2.45) is 0 Å². The molecule has 1 N–H and O–H groups in total. The lowest BCUT2D eigenvalue weighted by atomic mass is 10.2. The van der Waals surface area contributed by atoms with Gasteiger partial charge >= 0.3 is 5.97 Å². The monoisotopic (exact) mass is 282 g/mol. The molecular formula is C12H14N2O4S. The Bertz CT molecular complexity index is 485. The molecule has 0 atom stereocenters. The van der Waals surface area contributed by atoms with Crippen LogP contribution in [0.15, 0.2) is 35.5 Å². The first-order chi connectivity index (χ1) is 9.06. The zero-order chi connectivity index (χ0) is 14.3. The highest BCUT2D eigenvalue weighted by Crippen LogP contribution is 2.18. The summed E-state index contributed by atoms with van der Waals surface area (Å²) in [5, 5.41) is 13.7. The van der Waals surface area contributed by atoms with Crippen molar-refractivity contribution in [3.8, 4) is 0 Å². The Morgan fingerprint density at radius 3 is 2.58 bits per heavy atom. The lowest BCUT2D eigenvalue weighted by Gasteiger charge is -2.07. The van der Waals surface area contributed by atoms with Crippen molar-refractivity contribution in [3.63, 3.8) is 0 Å². The van der Waals surface area contributed by atoms with Crippen LogP contribution < -0.4 is 5.32 Å². The van der Waals surface area contributed by atoms with Crippen LogP contribution in [0.25, 0.3) is 0 Å². The molecule has 0 heterocycles. The zero-order valence-corrected chi connectivity index (χ0v) is 11.4. The number of anilines is 1. The molecule has 102 valence electrons. The lowest BCUT2D eigenvalue weighted by Crippen LogP contribution is -2.05. The maximum atomic E-state index is 11.4. The summed E-state index contributed by atoms with van der Waals surface area (Å²) in [5.74, 6) is -0.389. The number of esters is 1. The molecule has 19 heavy (non-hydrogen) atoms. The first kappa shape index (κ1) is 15.0. The number of hydrogen-bond acceptors (Lipinski definition) is 6. The van der Waals surface area contributed by atoms with E-state index in [4.69, 9.17) is 4.74 Å². The number of ether oxygens (including phenoxy) is 1. The summed E-state index contributed by atoms with van der Waals surface area (Å²) >= 11 is 1.23. The molecule has 0 amide bonds. The number of hydrogen-bond donors (Lipinski definition) is 1. The number of nitro groups is 1. The summed E-state index contributed by atoms with van der Waals surface area (Å²) in [7, 11) is 0. The van der Waals surface area contributed by atoms with Gasteiger partial charge in [0.25, 0.3) is 6.20 Å². The third-order valence-electron chi connectivity index (χ3n) is 2.11. The van der Waals surface area contributed by atoms with Gasteiger partial charge < -0.3 is 10.1 Å². The molecule has 0 unspecified atom stereocenters. The molecule has 0 radical (unpaired) electrons. The number of thioether (sulfide) groups is 1. The third kappa shape index (κ3) is 5.01. The predicted octanol–water partition coefficient (Wildman–Crippen LogP) is 2.71. The Morgan fingerprint density at radius 1 is 1.47 bits per heavy atom. The molecule has 0 aliphatic carbocycles. The highest BCUT2D eigenvalue weighted by atomic mass is 32.2. The summed E-state index contributed by atoms with van der Waals surface area (Å²) in [6, 6.07) is 6.53. The van der Waals surface area contributed by atoms with Crippen molar-refractivity contribution in [2.45, 2.75) is 6.92 Å². The van der Waals surface area contributed by atoms with Crippen LogP contribution in [-0.2, 0) is 4.74 Å². The molecule has 0 aliphatic rings. The maximum Gasteiger partial charge on any atom is 0.338 e. The van der Waals surface area contributed by atoms with Gasteiger partial charge in [-0.15, -0.1) is 11.8 Å². The second-order valence-electron chi connectivity index (χ2n) is 3.41. The summed E-state index contributed by atoms with van der Waals surface area (Å²) in [6.45, 7) is 2.06. The highest BCUT2D eigenvalue weighted by Gasteiger charge is 2.07. The molecule has 0 bridgehead atoms. The van der Waals surface area contributed by atoms with Gasteiger partial charge in [-0.3, -0.25) is 10.1 Å². The molecular weight excluding hydrogens is 268 g/mol. The number of carbonyl (C=O) groups is 1. The van der Waals surface area contributed by atoms with E-state index in [1.165, 1.54) is 11.8 Å². The van der Waals surface area contributed by atoms with Gasteiger partial charge in [-0.25, -0.2) is 4.79 Å². The molecule has 1 aromatic carbocycles.